The topological polar surface area (TPSA) is 120 Å². The van der Waals surface area contributed by atoms with Crippen molar-refractivity contribution in [3.63, 3.8) is 0 Å². The maximum absolute atomic E-state index is 13.2. The maximum atomic E-state index is 13.2. The lowest BCUT2D eigenvalue weighted by molar-refractivity contribution is -0.131. The summed E-state index contributed by atoms with van der Waals surface area (Å²) in [5, 5.41) is 8.90. The highest BCUT2D eigenvalue weighted by Gasteiger charge is 2.24. The van der Waals surface area contributed by atoms with Gasteiger partial charge in [-0.2, -0.15) is 0 Å². The highest BCUT2D eigenvalue weighted by molar-refractivity contribution is 7.92. The first kappa shape index (κ1) is 22.9. The fourth-order valence-electron chi connectivity index (χ4n) is 3.48. The number of carbonyl (C=O) groups is 1. The van der Waals surface area contributed by atoms with Gasteiger partial charge in [0, 0.05) is 17.5 Å². The van der Waals surface area contributed by atoms with Gasteiger partial charge in [-0.05, 0) is 60.2 Å². The van der Waals surface area contributed by atoms with Crippen molar-refractivity contribution in [2.24, 2.45) is 0 Å². The van der Waals surface area contributed by atoms with Crippen LogP contribution in [-0.4, -0.2) is 43.3 Å². The molecule has 174 valence electrons. The third-order valence-corrected chi connectivity index (χ3v) is 6.41. The Morgan fingerprint density at radius 1 is 1.06 bits per heavy atom. The molecule has 0 bridgehead atoms. The van der Waals surface area contributed by atoms with Gasteiger partial charge < -0.3 is 14.6 Å². The lowest BCUT2D eigenvalue weighted by Crippen LogP contribution is -2.15. The second-order valence-electron chi connectivity index (χ2n) is 7.18. The van der Waals surface area contributed by atoms with E-state index in [0.29, 0.717) is 11.3 Å². The van der Waals surface area contributed by atoms with Crippen molar-refractivity contribution in [3.05, 3.63) is 78.6 Å². The predicted molar refractivity (Wildman–Crippen MR) is 128 cm³/mol. The lowest BCUT2D eigenvalue weighted by Gasteiger charge is -2.16. The SMILES string of the molecule is COc1cc(/C=C/C(=O)O)cc(S(=O)(=O)Nc2ccc(-n3cnc4ccccc43)cc2)c1OC. The van der Waals surface area contributed by atoms with Crippen LogP contribution in [-0.2, 0) is 14.8 Å². The number of sulfonamides is 1. The largest absolute Gasteiger partial charge is 0.493 e. The van der Waals surface area contributed by atoms with Crippen molar-refractivity contribution in [2.45, 2.75) is 4.90 Å². The Hall–Kier alpha value is -4.31. The smallest absolute Gasteiger partial charge is 0.328 e. The van der Waals surface area contributed by atoms with Crippen LogP contribution in [0.2, 0.25) is 0 Å². The summed E-state index contributed by atoms with van der Waals surface area (Å²) < 4.78 is 41.4. The van der Waals surface area contributed by atoms with Crippen LogP contribution in [0.1, 0.15) is 5.56 Å². The highest BCUT2D eigenvalue weighted by Crippen LogP contribution is 2.37. The second kappa shape index (κ2) is 9.28. The molecule has 1 heterocycles. The zero-order chi connectivity index (χ0) is 24.3. The van der Waals surface area contributed by atoms with Gasteiger partial charge in [0.2, 0.25) is 0 Å². The van der Waals surface area contributed by atoms with Crippen LogP contribution in [0.15, 0.2) is 78.0 Å². The number of imidazole rings is 1. The van der Waals surface area contributed by atoms with E-state index >= 15 is 0 Å². The predicted octanol–water partition coefficient (Wildman–Crippen LogP) is 3.94. The molecule has 0 amide bonds. The quantitative estimate of drug-likeness (QED) is 0.367. The number of carboxylic acid groups (broad SMARTS) is 1. The first-order valence-corrected chi connectivity index (χ1v) is 11.5. The Morgan fingerprint density at radius 3 is 2.47 bits per heavy atom. The molecule has 0 aliphatic carbocycles. The van der Waals surface area contributed by atoms with Crippen LogP contribution in [0, 0.1) is 0 Å². The van der Waals surface area contributed by atoms with Crippen molar-refractivity contribution in [2.75, 3.05) is 18.9 Å². The van der Waals surface area contributed by atoms with E-state index in [-0.39, 0.29) is 16.4 Å². The van der Waals surface area contributed by atoms with E-state index in [1.165, 1.54) is 32.4 Å². The highest BCUT2D eigenvalue weighted by atomic mass is 32.2. The van der Waals surface area contributed by atoms with Gasteiger partial charge in [-0.15, -0.1) is 0 Å². The van der Waals surface area contributed by atoms with E-state index in [2.05, 4.69) is 9.71 Å². The van der Waals surface area contributed by atoms with E-state index in [4.69, 9.17) is 14.6 Å². The Kier molecular flexibility index (Phi) is 6.24. The number of methoxy groups -OCH3 is 2. The number of carboxylic acids is 1. The van der Waals surface area contributed by atoms with Crippen molar-refractivity contribution in [3.8, 4) is 17.2 Å². The van der Waals surface area contributed by atoms with Gasteiger partial charge in [0.1, 0.15) is 11.2 Å². The molecule has 0 fully saturated rings. The number of nitrogens with zero attached hydrogens (tertiary/aromatic N) is 2. The molecule has 0 saturated carbocycles. The average Bonchev–Trinajstić information content (AvgIpc) is 3.26. The summed E-state index contributed by atoms with van der Waals surface area (Å²) in [5.41, 5.74) is 3.25. The molecule has 0 spiro atoms. The Bertz CT molecular complexity index is 1490. The number of benzene rings is 3. The summed E-state index contributed by atoms with van der Waals surface area (Å²) in [5.74, 6) is -1.01. The van der Waals surface area contributed by atoms with Gasteiger partial charge in [0.25, 0.3) is 10.0 Å². The van der Waals surface area contributed by atoms with E-state index in [1.807, 2.05) is 28.8 Å². The molecule has 0 unspecified atom stereocenters. The molecule has 2 N–H and O–H groups in total. The number of para-hydroxylation sites is 2. The van der Waals surface area contributed by atoms with Crippen LogP contribution in [0.4, 0.5) is 5.69 Å². The van der Waals surface area contributed by atoms with Crippen LogP contribution >= 0.6 is 0 Å². The standard InChI is InChI=1S/C24H21N3O6S/c1-32-21-13-16(7-12-23(28)29)14-22(24(21)33-2)34(30,31)26-17-8-10-18(11-9-17)27-15-25-19-5-3-4-6-20(19)27/h3-15,26H,1-2H3,(H,28,29)/b12-7+. The van der Waals surface area contributed by atoms with Crippen molar-refractivity contribution < 1.29 is 27.8 Å². The molecular weight excluding hydrogens is 458 g/mol. The zero-order valence-corrected chi connectivity index (χ0v) is 19.1. The molecule has 1 aromatic heterocycles. The summed E-state index contributed by atoms with van der Waals surface area (Å²) in [6.07, 6.45) is 3.88. The fraction of sp³-hybridized carbons (Fsp3) is 0.0833. The Morgan fingerprint density at radius 2 is 1.79 bits per heavy atom. The molecule has 0 saturated heterocycles. The molecule has 3 aromatic carbocycles. The molecular formula is C24H21N3O6S. The first-order chi connectivity index (χ1) is 16.3. The lowest BCUT2D eigenvalue weighted by atomic mass is 10.2. The van der Waals surface area contributed by atoms with Gasteiger partial charge >= 0.3 is 5.97 Å². The monoisotopic (exact) mass is 479 g/mol. The molecule has 4 rings (SSSR count). The summed E-state index contributed by atoms with van der Waals surface area (Å²) in [6, 6.07) is 17.3. The van der Waals surface area contributed by atoms with Crippen LogP contribution in [0.25, 0.3) is 22.8 Å². The normalized spacial score (nSPS) is 11.6. The first-order valence-electron chi connectivity index (χ1n) is 10.0. The van der Waals surface area contributed by atoms with Crippen molar-refractivity contribution >= 4 is 38.8 Å². The minimum atomic E-state index is -4.11. The number of rotatable bonds is 8. The molecule has 0 radical (unpaired) electrons. The van der Waals surface area contributed by atoms with Gasteiger partial charge in [-0.25, -0.2) is 18.2 Å². The minimum Gasteiger partial charge on any atom is -0.493 e. The summed E-state index contributed by atoms with van der Waals surface area (Å²) >= 11 is 0. The van der Waals surface area contributed by atoms with Gasteiger partial charge in [-0.1, -0.05) is 12.1 Å². The third-order valence-electron chi connectivity index (χ3n) is 5.03. The number of aromatic nitrogens is 2. The maximum Gasteiger partial charge on any atom is 0.328 e. The number of hydrogen-bond acceptors (Lipinski definition) is 6. The number of aliphatic carboxylic acids is 1. The average molecular weight is 480 g/mol. The third kappa shape index (κ3) is 4.57. The Balaban J connectivity index is 1.67. The van der Waals surface area contributed by atoms with E-state index in [0.717, 1.165) is 22.8 Å². The van der Waals surface area contributed by atoms with Crippen molar-refractivity contribution in [1.82, 2.24) is 9.55 Å². The minimum absolute atomic E-state index is 0.00369. The van der Waals surface area contributed by atoms with Crippen LogP contribution in [0.3, 0.4) is 0 Å². The fourth-order valence-corrected chi connectivity index (χ4v) is 4.75. The van der Waals surface area contributed by atoms with Crippen LogP contribution in [0.5, 0.6) is 11.5 Å². The molecule has 4 aromatic rings. The van der Waals surface area contributed by atoms with Crippen molar-refractivity contribution in [1.29, 1.82) is 0 Å². The number of anilines is 1. The van der Waals surface area contributed by atoms with Gasteiger partial charge in [-0.3, -0.25) is 9.29 Å². The zero-order valence-electron chi connectivity index (χ0n) is 18.3. The summed E-state index contributed by atoms with van der Waals surface area (Å²) in [4.78, 5) is 15.1. The van der Waals surface area contributed by atoms with Gasteiger partial charge in [0.15, 0.2) is 11.5 Å². The molecule has 0 atom stereocenters. The summed E-state index contributed by atoms with van der Waals surface area (Å²) in [7, 11) is -1.41. The molecule has 10 heteroatoms. The molecule has 0 aliphatic rings. The summed E-state index contributed by atoms with van der Waals surface area (Å²) in [6.45, 7) is 0. The number of fused-ring (bicyclic) bond motifs is 1. The van der Waals surface area contributed by atoms with Gasteiger partial charge in [0.05, 0.1) is 25.3 Å². The Labute approximate surface area is 195 Å². The van der Waals surface area contributed by atoms with Crippen LogP contribution < -0.4 is 14.2 Å². The second-order valence-corrected chi connectivity index (χ2v) is 8.83. The van der Waals surface area contributed by atoms with E-state index in [1.54, 1.807) is 30.6 Å². The van der Waals surface area contributed by atoms with E-state index < -0.39 is 16.0 Å². The number of hydrogen-bond donors (Lipinski definition) is 2. The molecule has 34 heavy (non-hydrogen) atoms. The molecule has 0 aliphatic heterocycles. The number of nitrogens with one attached hydrogen (secondary N) is 1. The number of ether oxygens (including phenoxy) is 2. The van der Waals surface area contributed by atoms with E-state index in [9.17, 15) is 13.2 Å². The molecule has 9 nitrogen and oxygen atoms in total.